The van der Waals surface area contributed by atoms with E-state index in [1.165, 1.54) is 41.2 Å². The summed E-state index contributed by atoms with van der Waals surface area (Å²) in [5.41, 5.74) is 4.76. The van der Waals surface area contributed by atoms with Crippen LogP contribution in [0.4, 0.5) is 22.9 Å². The number of carbonyl (C=O) groups is 1. The summed E-state index contributed by atoms with van der Waals surface area (Å²) in [6, 6.07) is 11.0. The van der Waals surface area contributed by atoms with E-state index >= 15 is 0 Å². The summed E-state index contributed by atoms with van der Waals surface area (Å²) in [4.78, 5) is 21.4. The Labute approximate surface area is 175 Å². The number of hydrogen-bond donors (Lipinski definition) is 3. The molecule has 1 heterocycles. The number of sulfonamides is 1. The molecule has 30 heavy (non-hydrogen) atoms. The van der Waals surface area contributed by atoms with Crippen molar-refractivity contribution in [2.75, 3.05) is 10.0 Å². The first-order valence-corrected chi connectivity index (χ1v) is 10.2. The van der Waals surface area contributed by atoms with Crippen LogP contribution in [0.2, 0.25) is 5.02 Å². The summed E-state index contributed by atoms with van der Waals surface area (Å²) in [5.74, 6) is -0.389. The lowest BCUT2D eigenvalue weighted by atomic mass is 10.2. The number of benzene rings is 2. The highest BCUT2D eigenvalue weighted by Gasteiger charge is 2.22. The third-order valence-electron chi connectivity index (χ3n) is 3.82. The maximum atomic E-state index is 12.6. The predicted octanol–water partition coefficient (Wildman–Crippen LogP) is 2.47. The normalized spacial score (nSPS) is 11.1. The molecule has 1 amide bonds. The summed E-state index contributed by atoms with van der Waals surface area (Å²) < 4.78 is 28.8. The van der Waals surface area contributed by atoms with Crippen molar-refractivity contribution >= 4 is 50.4 Å². The molecule has 0 aliphatic heterocycles. The molecule has 0 bridgehead atoms. The van der Waals surface area contributed by atoms with Crippen LogP contribution >= 0.6 is 11.6 Å². The van der Waals surface area contributed by atoms with Crippen LogP contribution in [-0.4, -0.2) is 29.0 Å². The van der Waals surface area contributed by atoms with Crippen LogP contribution in [-0.2, 0) is 21.4 Å². The summed E-state index contributed by atoms with van der Waals surface area (Å²) in [7, 11) is -4.13. The molecule has 4 N–H and O–H groups in total. The third kappa shape index (κ3) is 4.85. The minimum absolute atomic E-state index is 0.0148. The maximum Gasteiger partial charge on any atom is 0.294 e. The molecule has 11 nitrogen and oxygen atoms in total. The lowest BCUT2D eigenvalue weighted by molar-refractivity contribution is -0.384. The first-order valence-electron chi connectivity index (χ1n) is 8.30. The van der Waals surface area contributed by atoms with E-state index in [4.69, 9.17) is 17.3 Å². The van der Waals surface area contributed by atoms with Crippen LogP contribution in [0.1, 0.15) is 0 Å². The topological polar surface area (TPSA) is 162 Å². The van der Waals surface area contributed by atoms with Gasteiger partial charge < -0.3 is 11.1 Å². The summed E-state index contributed by atoms with van der Waals surface area (Å²) >= 11 is 5.97. The Morgan fingerprint density at radius 2 is 1.93 bits per heavy atom. The molecule has 13 heteroatoms. The first kappa shape index (κ1) is 21.1. The second-order valence-corrected chi connectivity index (χ2v) is 8.10. The Hall–Kier alpha value is -3.64. The molecule has 1 aromatic heterocycles. The number of aromatic nitrogens is 2. The Bertz CT molecular complexity index is 1230. The van der Waals surface area contributed by atoms with Gasteiger partial charge in [0.15, 0.2) is 5.82 Å². The lowest BCUT2D eigenvalue weighted by Gasteiger charge is -2.11. The SMILES string of the molecule is NC(=O)Cn1ccc(Nc2ccc(S(=O)(=O)Nc3ccccc3Cl)cc2[N+](=O)[O-])n1. The second-order valence-electron chi connectivity index (χ2n) is 6.01. The molecule has 0 atom stereocenters. The first-order chi connectivity index (χ1) is 14.2. The van der Waals surface area contributed by atoms with Gasteiger partial charge in [-0.2, -0.15) is 5.10 Å². The third-order valence-corrected chi connectivity index (χ3v) is 5.51. The quantitative estimate of drug-likeness (QED) is 0.350. The number of nitrogens with zero attached hydrogens (tertiary/aromatic N) is 3. The molecule has 0 radical (unpaired) electrons. The smallest absolute Gasteiger partial charge is 0.294 e. The van der Waals surface area contributed by atoms with Crippen molar-refractivity contribution in [1.82, 2.24) is 9.78 Å². The van der Waals surface area contributed by atoms with Crippen molar-refractivity contribution in [3.8, 4) is 0 Å². The number of halogens is 1. The maximum absolute atomic E-state index is 12.6. The molecule has 0 spiro atoms. The number of para-hydroxylation sites is 1. The number of nitrogens with two attached hydrogens (primary N) is 1. The van der Waals surface area contributed by atoms with E-state index in [2.05, 4.69) is 15.1 Å². The molecule has 3 rings (SSSR count). The molecule has 0 saturated heterocycles. The van der Waals surface area contributed by atoms with Crippen LogP contribution in [0.5, 0.6) is 0 Å². The van der Waals surface area contributed by atoms with Gasteiger partial charge in [-0.05, 0) is 24.3 Å². The highest BCUT2D eigenvalue weighted by Crippen LogP contribution is 2.31. The number of hydrogen-bond acceptors (Lipinski definition) is 7. The average Bonchev–Trinajstić information content (AvgIpc) is 3.09. The predicted molar refractivity (Wildman–Crippen MR) is 110 cm³/mol. The number of anilines is 3. The Morgan fingerprint density at radius 3 is 2.60 bits per heavy atom. The van der Waals surface area contributed by atoms with Crippen molar-refractivity contribution in [3.05, 3.63) is 69.9 Å². The molecular weight excluding hydrogens is 436 g/mol. The van der Waals surface area contributed by atoms with Crippen LogP contribution in [0.25, 0.3) is 0 Å². The summed E-state index contributed by atoms with van der Waals surface area (Å²) in [5, 5.41) is 18.4. The molecule has 156 valence electrons. The Kier molecular flexibility index (Phi) is 5.89. The fraction of sp³-hybridized carbons (Fsp3) is 0.0588. The zero-order valence-corrected chi connectivity index (χ0v) is 16.7. The van der Waals surface area contributed by atoms with Crippen LogP contribution in [0.3, 0.4) is 0 Å². The second kappa shape index (κ2) is 8.39. The van der Waals surface area contributed by atoms with Crippen LogP contribution < -0.4 is 15.8 Å². The molecule has 2 aromatic carbocycles. The van der Waals surface area contributed by atoms with Crippen LogP contribution in [0, 0.1) is 10.1 Å². The Morgan fingerprint density at radius 1 is 1.20 bits per heavy atom. The zero-order valence-electron chi connectivity index (χ0n) is 15.1. The monoisotopic (exact) mass is 450 g/mol. The fourth-order valence-corrected chi connectivity index (χ4v) is 3.84. The van der Waals surface area contributed by atoms with Gasteiger partial charge in [-0.15, -0.1) is 0 Å². The van der Waals surface area contributed by atoms with Gasteiger partial charge >= 0.3 is 0 Å². The minimum atomic E-state index is -4.13. The Balaban J connectivity index is 1.89. The van der Waals surface area contributed by atoms with E-state index in [0.717, 1.165) is 6.07 Å². The summed E-state index contributed by atoms with van der Waals surface area (Å²) in [6.07, 6.45) is 1.46. The van der Waals surface area contributed by atoms with Crippen LogP contribution in [0.15, 0.2) is 59.6 Å². The van der Waals surface area contributed by atoms with E-state index in [0.29, 0.717) is 0 Å². The van der Waals surface area contributed by atoms with Gasteiger partial charge in [0.25, 0.3) is 15.7 Å². The van der Waals surface area contributed by atoms with Gasteiger partial charge in [-0.25, -0.2) is 8.42 Å². The molecule has 0 aliphatic carbocycles. The number of amides is 1. The standard InChI is InChI=1S/C17H15ClN6O5S/c18-12-3-1-2-4-13(12)22-30(28,29)11-5-6-14(15(9-11)24(26)27)20-17-7-8-23(21-17)10-16(19)25/h1-9,22H,10H2,(H2,19,25)(H,20,21). The molecule has 0 fully saturated rings. The number of primary amides is 1. The van der Waals surface area contributed by atoms with Crippen molar-refractivity contribution in [3.63, 3.8) is 0 Å². The molecular formula is C17H15ClN6O5S. The van der Waals surface area contributed by atoms with E-state index in [9.17, 15) is 23.3 Å². The van der Waals surface area contributed by atoms with Gasteiger partial charge in [0.1, 0.15) is 12.2 Å². The van der Waals surface area contributed by atoms with E-state index in [1.54, 1.807) is 12.1 Å². The largest absolute Gasteiger partial charge is 0.368 e. The molecule has 0 saturated carbocycles. The van der Waals surface area contributed by atoms with Gasteiger partial charge in [-0.3, -0.25) is 24.3 Å². The van der Waals surface area contributed by atoms with Gasteiger partial charge in [-0.1, -0.05) is 23.7 Å². The number of carbonyl (C=O) groups excluding carboxylic acids is 1. The fourth-order valence-electron chi connectivity index (χ4n) is 2.50. The highest BCUT2D eigenvalue weighted by molar-refractivity contribution is 7.92. The van der Waals surface area contributed by atoms with Gasteiger partial charge in [0.2, 0.25) is 5.91 Å². The molecule has 0 unspecified atom stereocenters. The molecule has 0 aliphatic rings. The number of rotatable bonds is 8. The van der Waals surface area contributed by atoms with Crippen molar-refractivity contribution in [1.29, 1.82) is 0 Å². The molecule has 3 aromatic rings. The van der Waals surface area contributed by atoms with E-state index in [-0.39, 0.29) is 33.7 Å². The summed E-state index contributed by atoms with van der Waals surface area (Å²) in [6.45, 7) is -0.158. The van der Waals surface area contributed by atoms with Crippen molar-refractivity contribution < 1.29 is 18.1 Å². The van der Waals surface area contributed by atoms with Gasteiger partial charge in [0, 0.05) is 18.3 Å². The van der Waals surface area contributed by atoms with Crippen molar-refractivity contribution in [2.45, 2.75) is 11.4 Å². The van der Waals surface area contributed by atoms with Gasteiger partial charge in [0.05, 0.1) is 20.5 Å². The minimum Gasteiger partial charge on any atom is -0.368 e. The number of nitro benzene ring substituents is 1. The highest BCUT2D eigenvalue weighted by atomic mass is 35.5. The van der Waals surface area contributed by atoms with Crippen molar-refractivity contribution in [2.24, 2.45) is 5.73 Å². The lowest BCUT2D eigenvalue weighted by Crippen LogP contribution is -2.18. The zero-order chi connectivity index (χ0) is 21.9. The average molecular weight is 451 g/mol. The number of nitrogens with one attached hydrogen (secondary N) is 2. The number of nitro groups is 1. The van der Waals surface area contributed by atoms with E-state index < -0.39 is 26.5 Å². The van der Waals surface area contributed by atoms with E-state index in [1.807, 2.05) is 0 Å².